The van der Waals surface area contributed by atoms with Gasteiger partial charge in [0.05, 0.1) is 0 Å². The van der Waals surface area contributed by atoms with Gasteiger partial charge >= 0.3 is 0 Å². The third-order valence-electron chi connectivity index (χ3n) is 2.82. The van der Waals surface area contributed by atoms with Crippen LogP contribution in [0.3, 0.4) is 0 Å². The zero-order valence-electron chi connectivity index (χ0n) is 10.7. The van der Waals surface area contributed by atoms with E-state index in [-0.39, 0.29) is 0 Å². The number of hydrogen-bond acceptors (Lipinski definition) is 3. The second-order valence-electron chi connectivity index (χ2n) is 4.30. The summed E-state index contributed by atoms with van der Waals surface area (Å²) in [5.41, 5.74) is 0. The van der Waals surface area contributed by atoms with Crippen molar-refractivity contribution in [3.63, 3.8) is 0 Å². The maximum Gasteiger partial charge on any atom is 0.138 e. The summed E-state index contributed by atoms with van der Waals surface area (Å²) < 4.78 is 1.87. The van der Waals surface area contributed by atoms with Crippen LogP contribution < -0.4 is 5.32 Å². The van der Waals surface area contributed by atoms with E-state index in [9.17, 15) is 0 Å². The van der Waals surface area contributed by atoms with E-state index >= 15 is 0 Å². The molecule has 16 heavy (non-hydrogen) atoms. The Hall–Kier alpha value is -0.900. The van der Waals surface area contributed by atoms with Crippen LogP contribution in [-0.2, 0) is 13.5 Å². The summed E-state index contributed by atoms with van der Waals surface area (Å²) >= 11 is 0. The molecule has 0 aliphatic carbocycles. The first-order valence-electron chi connectivity index (χ1n) is 6.34. The van der Waals surface area contributed by atoms with Gasteiger partial charge in [0.15, 0.2) is 0 Å². The fraction of sp³-hybridized carbons (Fsp3) is 0.833. The van der Waals surface area contributed by atoms with Gasteiger partial charge < -0.3 is 5.32 Å². The predicted molar refractivity (Wildman–Crippen MR) is 66.3 cm³/mol. The maximum atomic E-state index is 4.28. The molecular weight excluding hydrogens is 200 g/mol. The maximum absolute atomic E-state index is 4.28. The van der Waals surface area contributed by atoms with Gasteiger partial charge in [-0.15, -0.1) is 0 Å². The molecule has 1 heterocycles. The molecular formula is C12H24N4. The lowest BCUT2D eigenvalue weighted by molar-refractivity contribution is 0.448. The van der Waals surface area contributed by atoms with Gasteiger partial charge in [0.1, 0.15) is 12.2 Å². The van der Waals surface area contributed by atoms with Crippen LogP contribution >= 0.6 is 0 Å². The average Bonchev–Trinajstić information content (AvgIpc) is 2.68. The summed E-state index contributed by atoms with van der Waals surface area (Å²) in [6.45, 7) is 5.53. The lowest BCUT2D eigenvalue weighted by atomic mass is 10.1. The molecule has 1 atom stereocenters. The highest BCUT2D eigenvalue weighted by Crippen LogP contribution is 2.06. The molecule has 0 aliphatic rings. The molecule has 0 aliphatic heterocycles. The molecule has 1 aromatic rings. The molecule has 0 radical (unpaired) electrons. The van der Waals surface area contributed by atoms with Crippen molar-refractivity contribution < 1.29 is 0 Å². The number of rotatable bonds is 8. The number of nitrogens with one attached hydrogen (secondary N) is 1. The molecule has 92 valence electrons. The largest absolute Gasteiger partial charge is 0.314 e. The lowest BCUT2D eigenvalue weighted by Crippen LogP contribution is -2.32. The molecule has 4 nitrogen and oxygen atoms in total. The molecule has 0 saturated carbocycles. The minimum Gasteiger partial charge on any atom is -0.314 e. The smallest absolute Gasteiger partial charge is 0.138 e. The van der Waals surface area contributed by atoms with Crippen LogP contribution in [0.1, 0.15) is 45.4 Å². The van der Waals surface area contributed by atoms with Gasteiger partial charge in [0.2, 0.25) is 0 Å². The summed E-state index contributed by atoms with van der Waals surface area (Å²) in [6, 6.07) is 0.544. The third kappa shape index (κ3) is 4.31. The van der Waals surface area contributed by atoms with Gasteiger partial charge in [-0.2, -0.15) is 5.10 Å². The van der Waals surface area contributed by atoms with E-state index in [4.69, 9.17) is 0 Å². The van der Waals surface area contributed by atoms with Crippen molar-refractivity contribution in [3.05, 3.63) is 12.2 Å². The van der Waals surface area contributed by atoms with Crippen molar-refractivity contribution >= 4 is 0 Å². The van der Waals surface area contributed by atoms with Crippen molar-refractivity contribution in [1.82, 2.24) is 20.1 Å². The van der Waals surface area contributed by atoms with Crippen LogP contribution in [0.4, 0.5) is 0 Å². The van der Waals surface area contributed by atoms with E-state index in [1.165, 1.54) is 25.7 Å². The molecule has 1 unspecified atom stereocenters. The van der Waals surface area contributed by atoms with Gasteiger partial charge in [-0.25, -0.2) is 4.98 Å². The average molecular weight is 224 g/mol. The van der Waals surface area contributed by atoms with Crippen molar-refractivity contribution in [2.24, 2.45) is 7.05 Å². The Morgan fingerprint density at radius 1 is 1.38 bits per heavy atom. The Labute approximate surface area is 98.5 Å². The van der Waals surface area contributed by atoms with Crippen LogP contribution in [0, 0.1) is 0 Å². The monoisotopic (exact) mass is 224 g/mol. The van der Waals surface area contributed by atoms with Gasteiger partial charge in [0, 0.05) is 19.5 Å². The summed E-state index contributed by atoms with van der Waals surface area (Å²) in [5.74, 6) is 1.07. The quantitative estimate of drug-likeness (QED) is 0.733. The fourth-order valence-electron chi connectivity index (χ4n) is 1.80. The van der Waals surface area contributed by atoms with E-state index in [0.29, 0.717) is 6.04 Å². The van der Waals surface area contributed by atoms with Crippen LogP contribution in [-0.4, -0.2) is 27.4 Å². The van der Waals surface area contributed by atoms with E-state index in [2.05, 4.69) is 29.2 Å². The summed E-state index contributed by atoms with van der Waals surface area (Å²) in [5, 5.41) is 7.70. The first-order valence-corrected chi connectivity index (χ1v) is 6.34. The topological polar surface area (TPSA) is 42.7 Å². The number of aryl methyl sites for hydroxylation is 1. The molecule has 0 fully saturated rings. The zero-order chi connectivity index (χ0) is 11.8. The van der Waals surface area contributed by atoms with E-state index in [0.717, 1.165) is 18.8 Å². The molecule has 4 heteroatoms. The molecule has 0 spiro atoms. The number of hydrogen-bond donors (Lipinski definition) is 1. The van der Waals surface area contributed by atoms with E-state index < -0.39 is 0 Å². The SMILES string of the molecule is CCCCC(Cc1ncnn1C)NCCC. The summed E-state index contributed by atoms with van der Waals surface area (Å²) in [4.78, 5) is 4.28. The van der Waals surface area contributed by atoms with Crippen molar-refractivity contribution in [2.75, 3.05) is 6.54 Å². The highest BCUT2D eigenvalue weighted by atomic mass is 15.3. The molecule has 1 N–H and O–H groups in total. The van der Waals surface area contributed by atoms with Crippen molar-refractivity contribution in [2.45, 2.75) is 52.0 Å². The van der Waals surface area contributed by atoms with Gasteiger partial charge in [-0.1, -0.05) is 26.7 Å². The van der Waals surface area contributed by atoms with Crippen LogP contribution in [0.15, 0.2) is 6.33 Å². The normalized spacial score (nSPS) is 12.9. The third-order valence-corrected chi connectivity index (χ3v) is 2.82. The number of nitrogens with zero attached hydrogens (tertiary/aromatic N) is 3. The Balaban J connectivity index is 2.45. The molecule has 0 saturated heterocycles. The first kappa shape index (κ1) is 13.2. The Morgan fingerprint density at radius 3 is 2.75 bits per heavy atom. The van der Waals surface area contributed by atoms with Crippen LogP contribution in [0.5, 0.6) is 0 Å². The highest BCUT2D eigenvalue weighted by molar-refractivity contribution is 4.88. The zero-order valence-corrected chi connectivity index (χ0v) is 10.7. The predicted octanol–water partition coefficient (Wildman–Crippen LogP) is 1.92. The molecule has 1 rings (SSSR count). The Bertz CT molecular complexity index is 274. The van der Waals surface area contributed by atoms with E-state index in [1.54, 1.807) is 6.33 Å². The van der Waals surface area contributed by atoms with E-state index in [1.807, 2.05) is 11.7 Å². The molecule has 0 bridgehead atoms. The molecule has 0 aromatic carbocycles. The van der Waals surface area contributed by atoms with Gasteiger partial charge in [-0.3, -0.25) is 4.68 Å². The standard InChI is InChI=1S/C12H24N4/c1-4-6-7-11(13-8-5-2)9-12-14-10-15-16(12)3/h10-11,13H,4-9H2,1-3H3. The fourth-order valence-corrected chi connectivity index (χ4v) is 1.80. The Kier molecular flexibility index (Phi) is 6.08. The lowest BCUT2D eigenvalue weighted by Gasteiger charge is -2.17. The Morgan fingerprint density at radius 2 is 2.19 bits per heavy atom. The van der Waals surface area contributed by atoms with Crippen molar-refractivity contribution in [1.29, 1.82) is 0 Å². The second-order valence-corrected chi connectivity index (χ2v) is 4.30. The molecule has 0 amide bonds. The highest BCUT2D eigenvalue weighted by Gasteiger charge is 2.11. The minimum atomic E-state index is 0.544. The van der Waals surface area contributed by atoms with Crippen molar-refractivity contribution in [3.8, 4) is 0 Å². The van der Waals surface area contributed by atoms with Crippen LogP contribution in [0.2, 0.25) is 0 Å². The molecule has 1 aromatic heterocycles. The number of unbranched alkanes of at least 4 members (excludes halogenated alkanes) is 1. The minimum absolute atomic E-state index is 0.544. The van der Waals surface area contributed by atoms with Crippen LogP contribution in [0.25, 0.3) is 0 Å². The van der Waals surface area contributed by atoms with Gasteiger partial charge in [0.25, 0.3) is 0 Å². The first-order chi connectivity index (χ1) is 7.77. The summed E-state index contributed by atoms with van der Waals surface area (Å²) in [6.07, 6.45) is 7.55. The van der Waals surface area contributed by atoms with Gasteiger partial charge in [-0.05, 0) is 19.4 Å². The number of aromatic nitrogens is 3. The second kappa shape index (κ2) is 7.39. The summed E-state index contributed by atoms with van der Waals surface area (Å²) in [7, 11) is 1.96.